The van der Waals surface area contributed by atoms with Crippen molar-refractivity contribution in [2.24, 2.45) is 0 Å². The predicted molar refractivity (Wildman–Crippen MR) is 94.5 cm³/mol. The van der Waals surface area contributed by atoms with Gasteiger partial charge in [-0.05, 0) is 36.2 Å². The third kappa shape index (κ3) is 2.98. The standard InChI is InChI=1S/C18H16ClN3O/c1-12-5-3-4-6-16(12)22(2)14-9-7-13(8-10-14)15-11-20-21-18(23)17(15)19/h3-11H,1-2H3,(H,21,23). The number of nitrogens with one attached hydrogen (secondary N) is 1. The highest BCUT2D eigenvalue weighted by atomic mass is 35.5. The lowest BCUT2D eigenvalue weighted by Gasteiger charge is -2.21. The number of aromatic amines is 1. The molecule has 1 heterocycles. The normalized spacial score (nSPS) is 10.6. The van der Waals surface area contributed by atoms with Gasteiger partial charge in [0, 0.05) is 24.0 Å². The average Bonchev–Trinajstić information content (AvgIpc) is 2.57. The topological polar surface area (TPSA) is 49.0 Å². The summed E-state index contributed by atoms with van der Waals surface area (Å²) in [7, 11) is 2.03. The number of hydrogen-bond acceptors (Lipinski definition) is 3. The van der Waals surface area contributed by atoms with Gasteiger partial charge in [0.2, 0.25) is 0 Å². The van der Waals surface area contributed by atoms with Gasteiger partial charge >= 0.3 is 0 Å². The van der Waals surface area contributed by atoms with Gasteiger partial charge in [-0.15, -0.1) is 0 Å². The highest BCUT2D eigenvalue weighted by Gasteiger charge is 2.10. The fraction of sp³-hybridized carbons (Fsp3) is 0.111. The minimum atomic E-state index is -0.384. The van der Waals surface area contributed by atoms with Crippen LogP contribution in [0.3, 0.4) is 0 Å². The first-order valence-corrected chi connectivity index (χ1v) is 7.58. The molecule has 0 amide bonds. The zero-order chi connectivity index (χ0) is 16.4. The van der Waals surface area contributed by atoms with E-state index in [1.165, 1.54) is 5.56 Å². The second kappa shape index (κ2) is 6.26. The smallest absolute Gasteiger partial charge is 0.283 e. The number of anilines is 2. The predicted octanol–water partition coefficient (Wildman–Crippen LogP) is 4.17. The van der Waals surface area contributed by atoms with E-state index < -0.39 is 0 Å². The van der Waals surface area contributed by atoms with Crippen LogP contribution in [0.2, 0.25) is 5.02 Å². The number of halogens is 1. The van der Waals surface area contributed by atoms with Crippen molar-refractivity contribution in [1.82, 2.24) is 10.2 Å². The van der Waals surface area contributed by atoms with E-state index in [1.54, 1.807) is 6.20 Å². The average molecular weight is 326 g/mol. The summed E-state index contributed by atoms with van der Waals surface area (Å²) in [5, 5.41) is 6.28. The molecule has 3 aromatic rings. The summed E-state index contributed by atoms with van der Waals surface area (Å²) >= 11 is 6.05. The van der Waals surface area contributed by atoms with Crippen LogP contribution in [0.15, 0.2) is 59.5 Å². The molecule has 0 unspecified atom stereocenters. The van der Waals surface area contributed by atoms with Crippen molar-refractivity contribution in [3.05, 3.63) is 75.7 Å². The maximum Gasteiger partial charge on any atom is 0.283 e. The van der Waals surface area contributed by atoms with Gasteiger partial charge in [0.25, 0.3) is 5.56 Å². The van der Waals surface area contributed by atoms with Crippen molar-refractivity contribution in [1.29, 1.82) is 0 Å². The lowest BCUT2D eigenvalue weighted by Crippen LogP contribution is -2.11. The number of para-hydroxylation sites is 1. The van der Waals surface area contributed by atoms with Gasteiger partial charge in [-0.25, -0.2) is 5.10 Å². The number of benzene rings is 2. The summed E-state index contributed by atoms with van der Waals surface area (Å²) < 4.78 is 0. The SMILES string of the molecule is Cc1ccccc1N(C)c1ccc(-c2cn[nH]c(=O)c2Cl)cc1. The molecular weight excluding hydrogens is 310 g/mol. The fourth-order valence-electron chi connectivity index (χ4n) is 2.53. The summed E-state index contributed by atoms with van der Waals surface area (Å²) in [5.74, 6) is 0. The molecule has 0 fully saturated rings. The number of aromatic nitrogens is 2. The minimum Gasteiger partial charge on any atom is -0.344 e. The highest BCUT2D eigenvalue weighted by Crippen LogP contribution is 2.30. The zero-order valence-corrected chi connectivity index (χ0v) is 13.6. The van der Waals surface area contributed by atoms with Crippen LogP contribution in [-0.2, 0) is 0 Å². The molecule has 0 atom stereocenters. The van der Waals surface area contributed by atoms with Gasteiger partial charge in [-0.1, -0.05) is 41.9 Å². The van der Waals surface area contributed by atoms with Crippen molar-refractivity contribution in [3.63, 3.8) is 0 Å². The molecule has 0 saturated heterocycles. The molecular formula is C18H16ClN3O. The van der Waals surface area contributed by atoms with Gasteiger partial charge in [-0.3, -0.25) is 4.79 Å². The molecule has 0 saturated carbocycles. The second-order valence-corrected chi connectivity index (χ2v) is 5.70. The maximum atomic E-state index is 11.6. The molecule has 0 aliphatic rings. The van der Waals surface area contributed by atoms with E-state index in [-0.39, 0.29) is 10.6 Å². The second-order valence-electron chi connectivity index (χ2n) is 5.32. The summed E-state index contributed by atoms with van der Waals surface area (Å²) in [6, 6.07) is 16.1. The summed E-state index contributed by atoms with van der Waals surface area (Å²) in [6.07, 6.45) is 1.56. The summed E-state index contributed by atoms with van der Waals surface area (Å²) in [6.45, 7) is 2.09. The molecule has 1 N–H and O–H groups in total. The number of nitrogens with zero attached hydrogens (tertiary/aromatic N) is 2. The van der Waals surface area contributed by atoms with E-state index in [0.717, 1.165) is 16.9 Å². The molecule has 4 nitrogen and oxygen atoms in total. The molecule has 0 spiro atoms. The van der Waals surface area contributed by atoms with E-state index in [9.17, 15) is 4.79 Å². The maximum absolute atomic E-state index is 11.6. The van der Waals surface area contributed by atoms with Crippen molar-refractivity contribution in [3.8, 4) is 11.1 Å². The third-order valence-corrected chi connectivity index (χ3v) is 4.21. The molecule has 116 valence electrons. The Morgan fingerprint density at radius 2 is 1.78 bits per heavy atom. The van der Waals surface area contributed by atoms with Crippen LogP contribution >= 0.6 is 11.6 Å². The van der Waals surface area contributed by atoms with Crippen LogP contribution < -0.4 is 10.5 Å². The molecule has 2 aromatic carbocycles. The molecule has 0 radical (unpaired) electrons. The molecule has 0 aliphatic heterocycles. The molecule has 3 rings (SSSR count). The number of hydrogen-bond donors (Lipinski definition) is 1. The van der Waals surface area contributed by atoms with Crippen molar-refractivity contribution in [2.45, 2.75) is 6.92 Å². The lowest BCUT2D eigenvalue weighted by molar-refractivity contribution is 0.991. The van der Waals surface area contributed by atoms with E-state index >= 15 is 0 Å². The van der Waals surface area contributed by atoms with Crippen molar-refractivity contribution >= 4 is 23.0 Å². The van der Waals surface area contributed by atoms with Gasteiger partial charge in [0.15, 0.2) is 0 Å². The van der Waals surface area contributed by atoms with E-state index in [2.05, 4.69) is 34.2 Å². The van der Waals surface area contributed by atoms with Crippen LogP contribution in [0, 0.1) is 6.92 Å². The molecule has 0 bridgehead atoms. The first kappa shape index (κ1) is 15.3. The Morgan fingerprint density at radius 3 is 2.48 bits per heavy atom. The molecule has 1 aromatic heterocycles. The van der Waals surface area contributed by atoms with Gasteiger partial charge in [0.1, 0.15) is 5.02 Å². The van der Waals surface area contributed by atoms with Crippen LogP contribution in [0.1, 0.15) is 5.56 Å². The Bertz CT molecular complexity index is 887. The van der Waals surface area contributed by atoms with E-state index in [0.29, 0.717) is 5.56 Å². The lowest BCUT2D eigenvalue weighted by atomic mass is 10.1. The molecule has 23 heavy (non-hydrogen) atoms. The van der Waals surface area contributed by atoms with Crippen LogP contribution in [0.4, 0.5) is 11.4 Å². The Balaban J connectivity index is 1.95. The Hall–Kier alpha value is -2.59. The van der Waals surface area contributed by atoms with Gasteiger partial charge in [0.05, 0.1) is 6.20 Å². The Kier molecular flexibility index (Phi) is 4.17. The largest absolute Gasteiger partial charge is 0.344 e. The first-order valence-electron chi connectivity index (χ1n) is 7.21. The summed E-state index contributed by atoms with van der Waals surface area (Å²) in [4.78, 5) is 13.7. The van der Waals surface area contributed by atoms with Crippen LogP contribution in [-0.4, -0.2) is 17.2 Å². The zero-order valence-electron chi connectivity index (χ0n) is 12.9. The van der Waals surface area contributed by atoms with E-state index in [1.807, 2.05) is 43.4 Å². The van der Waals surface area contributed by atoms with Crippen LogP contribution in [0.5, 0.6) is 0 Å². The minimum absolute atomic E-state index is 0.153. The van der Waals surface area contributed by atoms with Crippen LogP contribution in [0.25, 0.3) is 11.1 Å². The van der Waals surface area contributed by atoms with Gasteiger partial charge in [-0.2, -0.15) is 5.10 Å². The molecule has 0 aliphatic carbocycles. The Morgan fingerprint density at radius 1 is 1.09 bits per heavy atom. The number of aryl methyl sites for hydroxylation is 1. The number of H-pyrrole nitrogens is 1. The first-order chi connectivity index (χ1) is 11.1. The number of rotatable bonds is 3. The highest BCUT2D eigenvalue weighted by molar-refractivity contribution is 6.33. The molecule has 5 heteroatoms. The van der Waals surface area contributed by atoms with Crippen molar-refractivity contribution in [2.75, 3.05) is 11.9 Å². The van der Waals surface area contributed by atoms with E-state index in [4.69, 9.17) is 11.6 Å². The Labute approximate surface area is 139 Å². The summed E-state index contributed by atoms with van der Waals surface area (Å²) in [5.41, 5.74) is 4.51. The monoisotopic (exact) mass is 325 g/mol. The fourth-order valence-corrected chi connectivity index (χ4v) is 2.73. The quantitative estimate of drug-likeness (QED) is 0.786. The third-order valence-electron chi connectivity index (χ3n) is 3.84. The van der Waals surface area contributed by atoms with Crippen molar-refractivity contribution < 1.29 is 0 Å². The van der Waals surface area contributed by atoms with Gasteiger partial charge < -0.3 is 4.90 Å².